The van der Waals surface area contributed by atoms with Crippen molar-refractivity contribution in [3.8, 4) is 0 Å². The zero-order valence-electron chi connectivity index (χ0n) is 11.5. The van der Waals surface area contributed by atoms with Gasteiger partial charge in [-0.2, -0.15) is 0 Å². The van der Waals surface area contributed by atoms with Crippen LogP contribution in [0.1, 0.15) is 38.3 Å². The Morgan fingerprint density at radius 1 is 1.22 bits per heavy atom. The van der Waals surface area contributed by atoms with Crippen LogP contribution in [-0.4, -0.2) is 18.6 Å². The lowest BCUT2D eigenvalue weighted by Crippen LogP contribution is -2.34. The molecule has 3 heteroatoms. The normalized spacial score (nSPS) is 12.2. The number of carbonyl (C=O) groups excluding carboxylic acids is 1. The highest BCUT2D eigenvalue weighted by atomic mass is 16.5. The lowest BCUT2D eigenvalue weighted by atomic mass is 10.1. The molecule has 1 rings (SSSR count). The summed E-state index contributed by atoms with van der Waals surface area (Å²) < 4.78 is 4.94. The van der Waals surface area contributed by atoms with Gasteiger partial charge in [0.1, 0.15) is 6.04 Å². The molecule has 1 aromatic carbocycles. The summed E-state index contributed by atoms with van der Waals surface area (Å²) in [5.41, 5.74) is 2.55. The van der Waals surface area contributed by atoms with Crippen molar-refractivity contribution >= 4 is 5.97 Å². The van der Waals surface area contributed by atoms with E-state index in [0.717, 1.165) is 12.8 Å². The Kier molecular flexibility index (Phi) is 6.44. The molecule has 0 aromatic heterocycles. The molecule has 0 fully saturated rings. The molecule has 1 atom stereocenters. The summed E-state index contributed by atoms with van der Waals surface area (Å²) in [6.07, 6.45) is 2.28. The average Bonchev–Trinajstić information content (AvgIpc) is 2.38. The van der Waals surface area contributed by atoms with Crippen LogP contribution in [0, 0.1) is 0 Å². The number of aryl methyl sites for hydroxylation is 1. The van der Waals surface area contributed by atoms with Crippen LogP contribution in [0.3, 0.4) is 0 Å². The maximum absolute atomic E-state index is 11.4. The second-order valence-corrected chi connectivity index (χ2v) is 4.42. The van der Waals surface area contributed by atoms with Crippen LogP contribution in [0.25, 0.3) is 0 Å². The summed E-state index contributed by atoms with van der Waals surface area (Å²) in [5.74, 6) is -0.194. The summed E-state index contributed by atoms with van der Waals surface area (Å²) >= 11 is 0. The summed E-state index contributed by atoms with van der Waals surface area (Å²) in [7, 11) is 0. The molecule has 0 aliphatic heterocycles. The van der Waals surface area contributed by atoms with E-state index < -0.39 is 0 Å². The second-order valence-electron chi connectivity index (χ2n) is 4.42. The van der Waals surface area contributed by atoms with Crippen molar-refractivity contribution in [1.82, 2.24) is 5.32 Å². The molecule has 0 heterocycles. The van der Waals surface area contributed by atoms with Crippen molar-refractivity contribution in [2.24, 2.45) is 0 Å². The zero-order valence-corrected chi connectivity index (χ0v) is 11.5. The van der Waals surface area contributed by atoms with E-state index in [1.54, 1.807) is 0 Å². The molecule has 0 bridgehead atoms. The maximum Gasteiger partial charge on any atom is 0.322 e. The minimum absolute atomic E-state index is 0.194. The van der Waals surface area contributed by atoms with E-state index in [1.165, 1.54) is 11.1 Å². The van der Waals surface area contributed by atoms with Gasteiger partial charge in [-0.3, -0.25) is 4.79 Å². The molecule has 0 saturated heterocycles. The molecule has 0 spiro atoms. The molecule has 100 valence electrons. The Balaban J connectivity index is 2.41. The minimum atomic E-state index is -0.264. The van der Waals surface area contributed by atoms with E-state index in [1.807, 2.05) is 13.8 Å². The second kappa shape index (κ2) is 7.88. The summed E-state index contributed by atoms with van der Waals surface area (Å²) in [6.45, 7) is 6.93. The highest BCUT2D eigenvalue weighted by molar-refractivity contribution is 5.75. The van der Waals surface area contributed by atoms with Gasteiger partial charge in [-0.1, -0.05) is 37.6 Å². The van der Waals surface area contributed by atoms with Gasteiger partial charge in [0.05, 0.1) is 6.61 Å². The SMILES string of the molecule is CCCc1ccc(CNC(C)C(=O)OCC)cc1. The third kappa shape index (κ3) is 4.88. The quantitative estimate of drug-likeness (QED) is 0.755. The summed E-state index contributed by atoms with van der Waals surface area (Å²) in [4.78, 5) is 11.4. The molecule has 18 heavy (non-hydrogen) atoms. The first kappa shape index (κ1) is 14.7. The molecule has 0 saturated carbocycles. The van der Waals surface area contributed by atoms with Gasteiger partial charge in [-0.05, 0) is 31.4 Å². The van der Waals surface area contributed by atoms with Gasteiger partial charge < -0.3 is 10.1 Å². The maximum atomic E-state index is 11.4. The molecular formula is C15H23NO2. The van der Waals surface area contributed by atoms with Gasteiger partial charge in [0.25, 0.3) is 0 Å². The summed E-state index contributed by atoms with van der Waals surface area (Å²) in [6, 6.07) is 8.25. The number of hydrogen-bond donors (Lipinski definition) is 1. The van der Waals surface area contributed by atoms with Crippen LogP contribution in [0.4, 0.5) is 0 Å². The van der Waals surface area contributed by atoms with Gasteiger partial charge in [0.15, 0.2) is 0 Å². The van der Waals surface area contributed by atoms with E-state index in [4.69, 9.17) is 4.74 Å². The van der Waals surface area contributed by atoms with Crippen LogP contribution < -0.4 is 5.32 Å². The fourth-order valence-corrected chi connectivity index (χ4v) is 1.73. The molecule has 0 amide bonds. The fourth-order valence-electron chi connectivity index (χ4n) is 1.73. The van der Waals surface area contributed by atoms with E-state index in [9.17, 15) is 4.79 Å². The predicted octanol–water partition coefficient (Wildman–Crippen LogP) is 2.68. The van der Waals surface area contributed by atoms with E-state index >= 15 is 0 Å². The Morgan fingerprint density at radius 3 is 2.39 bits per heavy atom. The monoisotopic (exact) mass is 249 g/mol. The minimum Gasteiger partial charge on any atom is -0.465 e. The first-order chi connectivity index (χ1) is 8.67. The highest BCUT2D eigenvalue weighted by Crippen LogP contribution is 2.06. The number of benzene rings is 1. The summed E-state index contributed by atoms with van der Waals surface area (Å²) in [5, 5.41) is 3.16. The molecule has 1 N–H and O–H groups in total. The van der Waals surface area contributed by atoms with Crippen molar-refractivity contribution < 1.29 is 9.53 Å². The van der Waals surface area contributed by atoms with Crippen LogP contribution in [0.15, 0.2) is 24.3 Å². The molecule has 0 aliphatic rings. The number of hydrogen-bond acceptors (Lipinski definition) is 3. The number of esters is 1. The molecular weight excluding hydrogens is 226 g/mol. The van der Waals surface area contributed by atoms with E-state index in [-0.39, 0.29) is 12.0 Å². The van der Waals surface area contributed by atoms with Crippen molar-refractivity contribution in [2.45, 2.75) is 46.2 Å². The molecule has 0 radical (unpaired) electrons. The van der Waals surface area contributed by atoms with Gasteiger partial charge in [0, 0.05) is 6.54 Å². The molecule has 3 nitrogen and oxygen atoms in total. The first-order valence-corrected chi connectivity index (χ1v) is 6.65. The lowest BCUT2D eigenvalue weighted by Gasteiger charge is -2.12. The van der Waals surface area contributed by atoms with Crippen LogP contribution in [0.2, 0.25) is 0 Å². The Morgan fingerprint density at radius 2 is 1.83 bits per heavy atom. The van der Waals surface area contributed by atoms with Crippen molar-refractivity contribution in [3.63, 3.8) is 0 Å². The third-order valence-electron chi connectivity index (χ3n) is 2.81. The highest BCUT2D eigenvalue weighted by Gasteiger charge is 2.12. The standard InChI is InChI=1S/C15H23NO2/c1-4-6-13-7-9-14(10-8-13)11-16-12(3)15(17)18-5-2/h7-10,12,16H,4-6,11H2,1-3H3. The van der Waals surface area contributed by atoms with Crippen LogP contribution >= 0.6 is 0 Å². The topological polar surface area (TPSA) is 38.3 Å². The lowest BCUT2D eigenvalue weighted by molar-refractivity contribution is -0.145. The average molecular weight is 249 g/mol. The van der Waals surface area contributed by atoms with Crippen LogP contribution in [0.5, 0.6) is 0 Å². The van der Waals surface area contributed by atoms with Gasteiger partial charge in [0.2, 0.25) is 0 Å². The number of carbonyl (C=O) groups is 1. The first-order valence-electron chi connectivity index (χ1n) is 6.65. The predicted molar refractivity (Wildman–Crippen MR) is 73.4 cm³/mol. The Bertz CT molecular complexity index is 359. The van der Waals surface area contributed by atoms with Gasteiger partial charge in [-0.25, -0.2) is 0 Å². The zero-order chi connectivity index (χ0) is 13.4. The largest absolute Gasteiger partial charge is 0.465 e. The molecule has 1 aromatic rings. The van der Waals surface area contributed by atoms with Gasteiger partial charge in [-0.15, -0.1) is 0 Å². The number of ether oxygens (including phenoxy) is 1. The van der Waals surface area contributed by atoms with Crippen molar-refractivity contribution in [3.05, 3.63) is 35.4 Å². The van der Waals surface area contributed by atoms with Crippen molar-refractivity contribution in [1.29, 1.82) is 0 Å². The fraction of sp³-hybridized carbons (Fsp3) is 0.533. The smallest absolute Gasteiger partial charge is 0.322 e. The number of rotatable bonds is 7. The molecule has 1 unspecified atom stereocenters. The third-order valence-corrected chi connectivity index (χ3v) is 2.81. The Hall–Kier alpha value is -1.35. The van der Waals surface area contributed by atoms with Crippen molar-refractivity contribution in [2.75, 3.05) is 6.61 Å². The van der Waals surface area contributed by atoms with E-state index in [2.05, 4.69) is 36.5 Å². The number of nitrogens with one attached hydrogen (secondary N) is 1. The van der Waals surface area contributed by atoms with Gasteiger partial charge >= 0.3 is 5.97 Å². The molecule has 0 aliphatic carbocycles. The van der Waals surface area contributed by atoms with E-state index in [0.29, 0.717) is 13.2 Å². The van der Waals surface area contributed by atoms with Crippen LogP contribution in [-0.2, 0) is 22.5 Å². The Labute approximate surface area is 110 Å².